The zero-order valence-corrected chi connectivity index (χ0v) is 16.1. The van der Waals surface area contributed by atoms with Crippen LogP contribution >= 0.6 is 0 Å². The summed E-state index contributed by atoms with van der Waals surface area (Å²) in [6, 6.07) is 9.82. The molecule has 28 heavy (non-hydrogen) atoms. The van der Waals surface area contributed by atoms with Crippen molar-refractivity contribution in [1.82, 2.24) is 4.90 Å². The number of ether oxygens (including phenoxy) is 2. The lowest BCUT2D eigenvalue weighted by Gasteiger charge is -2.27. The van der Waals surface area contributed by atoms with Crippen LogP contribution in [0.1, 0.15) is 34.8 Å². The first kappa shape index (κ1) is 19.5. The number of methoxy groups -OCH3 is 2. The van der Waals surface area contributed by atoms with Gasteiger partial charge in [-0.2, -0.15) is 0 Å². The Kier molecular flexibility index (Phi) is 5.67. The third kappa shape index (κ3) is 3.58. The number of nitro benzene ring substituents is 1. The first-order chi connectivity index (χ1) is 13.5. The zero-order chi connectivity index (χ0) is 20.3. The van der Waals surface area contributed by atoms with E-state index in [1.54, 1.807) is 38.3 Å². The van der Waals surface area contributed by atoms with E-state index in [0.29, 0.717) is 29.3 Å². The standard InChI is InChI=1S/C20H23N3O5/c1-21-16-8-6-13(11-18(16)23(25)26)20(24)22-10-4-5-17(22)15-12-14(27-2)7-9-19(15)28-3/h6-9,11-12,17,21H,4-5,10H2,1-3H3. The summed E-state index contributed by atoms with van der Waals surface area (Å²) in [5, 5.41) is 14.1. The number of carbonyl (C=O) groups excluding carboxylic acids is 1. The van der Waals surface area contributed by atoms with Gasteiger partial charge in [-0.1, -0.05) is 0 Å². The maximum absolute atomic E-state index is 13.2. The number of hydrogen-bond acceptors (Lipinski definition) is 6. The molecule has 3 rings (SSSR count). The topological polar surface area (TPSA) is 93.9 Å². The van der Waals surface area contributed by atoms with E-state index >= 15 is 0 Å². The van der Waals surface area contributed by atoms with Crippen LogP contribution in [0.3, 0.4) is 0 Å². The van der Waals surface area contributed by atoms with Crippen molar-refractivity contribution in [2.24, 2.45) is 0 Å². The molecule has 2 aromatic rings. The van der Waals surface area contributed by atoms with E-state index in [4.69, 9.17) is 9.47 Å². The van der Waals surface area contributed by atoms with Gasteiger partial charge in [-0.25, -0.2) is 0 Å². The number of carbonyl (C=O) groups is 1. The summed E-state index contributed by atoms with van der Waals surface area (Å²) in [6.07, 6.45) is 1.62. The lowest BCUT2D eigenvalue weighted by atomic mass is 10.0. The maximum atomic E-state index is 13.2. The van der Waals surface area contributed by atoms with Crippen molar-refractivity contribution in [3.63, 3.8) is 0 Å². The van der Waals surface area contributed by atoms with E-state index in [2.05, 4.69) is 5.32 Å². The summed E-state index contributed by atoms with van der Waals surface area (Å²) in [5.74, 6) is 1.13. The highest BCUT2D eigenvalue weighted by Gasteiger charge is 2.33. The van der Waals surface area contributed by atoms with E-state index < -0.39 is 4.92 Å². The van der Waals surface area contributed by atoms with Crippen LogP contribution in [0.25, 0.3) is 0 Å². The van der Waals surface area contributed by atoms with Gasteiger partial charge >= 0.3 is 0 Å². The molecule has 1 aliphatic rings. The minimum Gasteiger partial charge on any atom is -0.497 e. The molecule has 0 spiro atoms. The van der Waals surface area contributed by atoms with Crippen molar-refractivity contribution in [3.8, 4) is 11.5 Å². The molecule has 2 aromatic carbocycles. The number of nitro groups is 1. The number of anilines is 1. The molecular formula is C20H23N3O5. The summed E-state index contributed by atoms with van der Waals surface area (Å²) < 4.78 is 10.8. The highest BCUT2D eigenvalue weighted by molar-refractivity contribution is 5.96. The second kappa shape index (κ2) is 8.16. The lowest BCUT2D eigenvalue weighted by Crippen LogP contribution is -2.30. The van der Waals surface area contributed by atoms with Gasteiger partial charge in [0.05, 0.1) is 25.2 Å². The highest BCUT2D eigenvalue weighted by atomic mass is 16.6. The quantitative estimate of drug-likeness (QED) is 0.603. The second-order valence-electron chi connectivity index (χ2n) is 6.50. The Bertz CT molecular complexity index is 899. The van der Waals surface area contributed by atoms with Crippen molar-refractivity contribution in [3.05, 3.63) is 57.6 Å². The highest BCUT2D eigenvalue weighted by Crippen LogP contribution is 2.40. The number of nitrogens with one attached hydrogen (secondary N) is 1. The van der Waals surface area contributed by atoms with Gasteiger partial charge in [0.25, 0.3) is 11.6 Å². The number of rotatable bonds is 6. The molecule has 1 heterocycles. The molecule has 1 N–H and O–H groups in total. The fraction of sp³-hybridized carbons (Fsp3) is 0.350. The third-order valence-electron chi connectivity index (χ3n) is 5.02. The molecule has 0 aromatic heterocycles. The van der Waals surface area contributed by atoms with Crippen LogP contribution in [-0.4, -0.2) is 43.5 Å². The molecule has 8 nitrogen and oxygen atoms in total. The van der Waals surface area contributed by atoms with Gasteiger partial charge in [0.2, 0.25) is 0 Å². The smallest absolute Gasteiger partial charge is 0.293 e. The number of hydrogen-bond donors (Lipinski definition) is 1. The molecule has 0 bridgehead atoms. The molecule has 1 amide bonds. The Morgan fingerprint density at radius 2 is 2.00 bits per heavy atom. The number of likely N-dealkylation sites (tertiary alicyclic amines) is 1. The predicted molar refractivity (Wildman–Crippen MR) is 105 cm³/mol. The first-order valence-corrected chi connectivity index (χ1v) is 8.99. The number of amides is 1. The van der Waals surface area contributed by atoms with Gasteiger partial charge in [-0.15, -0.1) is 0 Å². The van der Waals surface area contributed by atoms with E-state index in [1.165, 1.54) is 6.07 Å². The van der Waals surface area contributed by atoms with Crippen molar-refractivity contribution in [2.45, 2.75) is 18.9 Å². The second-order valence-corrected chi connectivity index (χ2v) is 6.50. The third-order valence-corrected chi connectivity index (χ3v) is 5.02. The van der Waals surface area contributed by atoms with Crippen LogP contribution in [0.5, 0.6) is 11.5 Å². The van der Waals surface area contributed by atoms with Crippen molar-refractivity contribution in [2.75, 3.05) is 33.1 Å². The molecule has 0 saturated carbocycles. The van der Waals surface area contributed by atoms with Crippen LogP contribution in [-0.2, 0) is 0 Å². The number of nitrogens with zero attached hydrogens (tertiary/aromatic N) is 2. The lowest BCUT2D eigenvalue weighted by molar-refractivity contribution is -0.384. The SMILES string of the molecule is CNc1ccc(C(=O)N2CCCC2c2cc(OC)ccc2OC)cc1[N+](=O)[O-]. The Hall–Kier alpha value is -3.29. The molecule has 1 atom stereocenters. The van der Waals surface area contributed by atoms with E-state index in [0.717, 1.165) is 18.4 Å². The summed E-state index contributed by atoms with van der Waals surface area (Å²) >= 11 is 0. The van der Waals surface area contributed by atoms with Crippen LogP contribution in [0.4, 0.5) is 11.4 Å². The largest absolute Gasteiger partial charge is 0.497 e. The van der Waals surface area contributed by atoms with Crippen molar-refractivity contribution < 1.29 is 19.2 Å². The average Bonchev–Trinajstić information content (AvgIpc) is 3.21. The van der Waals surface area contributed by atoms with Gasteiger partial charge in [0.15, 0.2) is 0 Å². The molecule has 0 aliphatic carbocycles. The molecule has 1 saturated heterocycles. The monoisotopic (exact) mass is 385 g/mol. The van der Waals surface area contributed by atoms with E-state index in [1.807, 2.05) is 18.2 Å². The van der Waals surface area contributed by atoms with E-state index in [-0.39, 0.29) is 17.6 Å². The van der Waals surface area contributed by atoms with Crippen LogP contribution in [0.15, 0.2) is 36.4 Å². The van der Waals surface area contributed by atoms with Crippen LogP contribution < -0.4 is 14.8 Å². The normalized spacial score (nSPS) is 16.0. The summed E-state index contributed by atoms with van der Waals surface area (Å²) in [6.45, 7) is 0.575. The first-order valence-electron chi connectivity index (χ1n) is 8.99. The Labute approximate surface area is 163 Å². The van der Waals surface area contributed by atoms with Gasteiger partial charge in [-0.05, 0) is 43.2 Å². The molecule has 1 fully saturated rings. The molecular weight excluding hydrogens is 362 g/mol. The minimum atomic E-state index is -0.491. The van der Waals surface area contributed by atoms with E-state index in [9.17, 15) is 14.9 Å². The predicted octanol–water partition coefficient (Wildman–Crippen LogP) is 3.63. The fourth-order valence-electron chi connectivity index (χ4n) is 3.63. The summed E-state index contributed by atoms with van der Waals surface area (Å²) in [4.78, 5) is 25.8. The van der Waals surface area contributed by atoms with Crippen molar-refractivity contribution >= 4 is 17.3 Å². The zero-order valence-electron chi connectivity index (χ0n) is 16.1. The number of benzene rings is 2. The van der Waals surface area contributed by atoms with Crippen molar-refractivity contribution in [1.29, 1.82) is 0 Å². The Morgan fingerprint density at radius 3 is 2.64 bits per heavy atom. The Morgan fingerprint density at radius 1 is 1.21 bits per heavy atom. The molecule has 1 aliphatic heterocycles. The molecule has 8 heteroatoms. The van der Waals surface area contributed by atoms with Gasteiger partial charge in [0, 0.05) is 30.8 Å². The molecule has 1 unspecified atom stereocenters. The minimum absolute atomic E-state index is 0.122. The molecule has 148 valence electrons. The van der Waals surface area contributed by atoms with Gasteiger partial charge < -0.3 is 19.7 Å². The summed E-state index contributed by atoms with van der Waals surface area (Å²) in [7, 11) is 4.78. The average molecular weight is 385 g/mol. The van der Waals surface area contributed by atoms with Gasteiger partial charge in [0.1, 0.15) is 17.2 Å². The van der Waals surface area contributed by atoms with Crippen LogP contribution in [0, 0.1) is 10.1 Å². The summed E-state index contributed by atoms with van der Waals surface area (Å²) in [5.41, 5.74) is 1.41. The fourth-order valence-corrected chi connectivity index (χ4v) is 3.63. The van der Waals surface area contributed by atoms with Gasteiger partial charge in [-0.3, -0.25) is 14.9 Å². The Balaban J connectivity index is 1.96. The molecule has 0 radical (unpaired) electrons. The van der Waals surface area contributed by atoms with Crippen LogP contribution in [0.2, 0.25) is 0 Å². The maximum Gasteiger partial charge on any atom is 0.293 e.